The second-order valence-corrected chi connectivity index (χ2v) is 6.23. The van der Waals surface area contributed by atoms with Gasteiger partial charge in [-0.15, -0.1) is 11.8 Å². The Morgan fingerprint density at radius 3 is 2.70 bits per heavy atom. The molecule has 1 aliphatic heterocycles. The van der Waals surface area contributed by atoms with Gasteiger partial charge >= 0.3 is 0 Å². The molecule has 3 rings (SSSR count). The normalized spacial score (nSPS) is 12.3. The van der Waals surface area contributed by atoms with E-state index in [9.17, 15) is 9.18 Å². The van der Waals surface area contributed by atoms with Gasteiger partial charge in [-0.1, -0.05) is 6.07 Å². The van der Waals surface area contributed by atoms with Crippen molar-refractivity contribution in [2.24, 2.45) is 0 Å². The average molecular weight is 333 g/mol. The van der Waals surface area contributed by atoms with E-state index in [4.69, 9.17) is 9.47 Å². The first-order chi connectivity index (χ1) is 11.1. The highest BCUT2D eigenvalue weighted by Gasteiger charge is 2.15. The van der Waals surface area contributed by atoms with Crippen molar-refractivity contribution in [1.29, 1.82) is 0 Å². The van der Waals surface area contributed by atoms with Crippen LogP contribution in [0.1, 0.15) is 5.56 Å². The quantitative estimate of drug-likeness (QED) is 0.787. The van der Waals surface area contributed by atoms with Gasteiger partial charge in [-0.05, 0) is 42.0 Å². The molecule has 1 aliphatic rings. The predicted molar refractivity (Wildman–Crippen MR) is 86.2 cm³/mol. The molecule has 23 heavy (non-hydrogen) atoms. The summed E-state index contributed by atoms with van der Waals surface area (Å²) in [5, 5.41) is 0. The lowest BCUT2D eigenvalue weighted by Crippen LogP contribution is -2.27. The summed E-state index contributed by atoms with van der Waals surface area (Å²) in [4.78, 5) is 14.7. The number of fused-ring (bicyclic) bond motifs is 1. The van der Waals surface area contributed by atoms with Crippen LogP contribution < -0.4 is 9.47 Å². The predicted octanol–water partition coefficient (Wildman–Crippen LogP) is 3.31. The molecular weight excluding hydrogens is 317 g/mol. The third-order valence-electron chi connectivity index (χ3n) is 3.46. The van der Waals surface area contributed by atoms with Gasteiger partial charge in [-0.2, -0.15) is 0 Å². The fraction of sp³-hybridized carbons (Fsp3) is 0.235. The van der Waals surface area contributed by atoms with Crippen LogP contribution in [0.3, 0.4) is 0 Å². The molecule has 0 aromatic heterocycles. The van der Waals surface area contributed by atoms with Crippen LogP contribution in [0.15, 0.2) is 47.4 Å². The molecule has 0 spiro atoms. The lowest BCUT2D eigenvalue weighted by molar-refractivity contribution is -0.127. The lowest BCUT2D eigenvalue weighted by Gasteiger charge is -2.17. The highest BCUT2D eigenvalue weighted by atomic mass is 32.2. The van der Waals surface area contributed by atoms with Gasteiger partial charge in [0.25, 0.3) is 0 Å². The topological polar surface area (TPSA) is 38.8 Å². The molecule has 2 aromatic carbocycles. The van der Waals surface area contributed by atoms with Crippen LogP contribution in [-0.4, -0.2) is 30.4 Å². The third kappa shape index (κ3) is 3.96. The zero-order valence-corrected chi connectivity index (χ0v) is 13.4. The zero-order chi connectivity index (χ0) is 16.2. The molecule has 0 radical (unpaired) electrons. The van der Waals surface area contributed by atoms with Crippen molar-refractivity contribution in [2.75, 3.05) is 19.6 Å². The van der Waals surface area contributed by atoms with Gasteiger partial charge in [-0.3, -0.25) is 4.79 Å². The number of hydrogen-bond donors (Lipinski definition) is 0. The van der Waals surface area contributed by atoms with Gasteiger partial charge in [0.05, 0.1) is 5.75 Å². The van der Waals surface area contributed by atoms with E-state index in [0.717, 1.165) is 16.2 Å². The summed E-state index contributed by atoms with van der Waals surface area (Å²) in [5.74, 6) is 1.49. The van der Waals surface area contributed by atoms with E-state index < -0.39 is 0 Å². The van der Waals surface area contributed by atoms with Crippen molar-refractivity contribution in [3.05, 3.63) is 53.8 Å². The molecule has 0 saturated carbocycles. The fourth-order valence-corrected chi connectivity index (χ4v) is 3.03. The number of carbonyl (C=O) groups excluding carboxylic acids is 1. The van der Waals surface area contributed by atoms with E-state index in [0.29, 0.717) is 18.0 Å². The maximum Gasteiger partial charge on any atom is 0.232 e. The molecule has 1 amide bonds. The van der Waals surface area contributed by atoms with Gasteiger partial charge in [0, 0.05) is 18.5 Å². The van der Waals surface area contributed by atoms with E-state index in [1.165, 1.54) is 23.9 Å². The SMILES string of the molecule is CN(Cc1ccc2c(c1)OCO2)C(=O)CSc1ccc(F)cc1. The van der Waals surface area contributed by atoms with E-state index >= 15 is 0 Å². The van der Waals surface area contributed by atoms with Crippen LogP contribution in [0.25, 0.3) is 0 Å². The van der Waals surface area contributed by atoms with Crippen LogP contribution in [0.5, 0.6) is 11.5 Å². The number of thioether (sulfide) groups is 1. The molecule has 1 heterocycles. The molecule has 0 atom stereocenters. The van der Waals surface area contributed by atoms with E-state index in [1.54, 1.807) is 24.1 Å². The summed E-state index contributed by atoms with van der Waals surface area (Å²) in [7, 11) is 1.76. The number of nitrogens with zero attached hydrogens (tertiary/aromatic N) is 1. The number of hydrogen-bond acceptors (Lipinski definition) is 4. The van der Waals surface area contributed by atoms with Gasteiger partial charge in [0.2, 0.25) is 12.7 Å². The third-order valence-corrected chi connectivity index (χ3v) is 4.46. The van der Waals surface area contributed by atoms with Crippen molar-refractivity contribution >= 4 is 17.7 Å². The monoisotopic (exact) mass is 333 g/mol. The Kier molecular flexibility index (Phi) is 4.71. The van der Waals surface area contributed by atoms with Crippen molar-refractivity contribution < 1.29 is 18.7 Å². The number of halogens is 1. The minimum Gasteiger partial charge on any atom is -0.454 e. The molecule has 2 aromatic rings. The van der Waals surface area contributed by atoms with Crippen LogP contribution in [0.4, 0.5) is 4.39 Å². The Morgan fingerprint density at radius 1 is 1.17 bits per heavy atom. The summed E-state index contributed by atoms with van der Waals surface area (Å²) < 4.78 is 23.5. The molecule has 0 unspecified atom stereocenters. The van der Waals surface area contributed by atoms with Crippen LogP contribution >= 0.6 is 11.8 Å². The Bertz CT molecular complexity index is 705. The minimum atomic E-state index is -0.277. The number of amides is 1. The lowest BCUT2D eigenvalue weighted by atomic mass is 10.2. The Labute approximate surface area is 138 Å². The first kappa shape index (κ1) is 15.7. The first-order valence-electron chi connectivity index (χ1n) is 7.13. The van der Waals surface area contributed by atoms with Crippen molar-refractivity contribution in [3.63, 3.8) is 0 Å². The number of benzene rings is 2. The Balaban J connectivity index is 1.54. The minimum absolute atomic E-state index is 0.0111. The van der Waals surface area contributed by atoms with Crippen molar-refractivity contribution in [3.8, 4) is 11.5 Å². The fourth-order valence-electron chi connectivity index (χ4n) is 2.19. The largest absolute Gasteiger partial charge is 0.454 e. The van der Waals surface area contributed by atoms with Crippen molar-refractivity contribution in [2.45, 2.75) is 11.4 Å². The highest BCUT2D eigenvalue weighted by molar-refractivity contribution is 8.00. The number of rotatable bonds is 5. The molecule has 0 saturated heterocycles. The van der Waals surface area contributed by atoms with E-state index in [-0.39, 0.29) is 18.5 Å². The van der Waals surface area contributed by atoms with Gasteiger partial charge in [0.15, 0.2) is 11.5 Å². The number of carbonyl (C=O) groups is 1. The second-order valence-electron chi connectivity index (χ2n) is 5.18. The Morgan fingerprint density at radius 2 is 1.91 bits per heavy atom. The highest BCUT2D eigenvalue weighted by Crippen LogP contribution is 2.32. The maximum absolute atomic E-state index is 12.8. The summed E-state index contributed by atoms with van der Waals surface area (Å²) in [5.41, 5.74) is 0.983. The summed E-state index contributed by atoms with van der Waals surface area (Å²) in [6.45, 7) is 0.737. The van der Waals surface area contributed by atoms with Gasteiger partial charge < -0.3 is 14.4 Å². The second kappa shape index (κ2) is 6.91. The Hall–Kier alpha value is -2.21. The molecule has 120 valence electrons. The van der Waals surface area contributed by atoms with E-state index in [1.807, 2.05) is 18.2 Å². The molecule has 6 heteroatoms. The molecule has 0 aliphatic carbocycles. The molecular formula is C17H16FNO3S. The maximum atomic E-state index is 12.8. The summed E-state index contributed by atoms with van der Waals surface area (Å²) >= 11 is 1.39. The number of ether oxygens (including phenoxy) is 2. The van der Waals surface area contributed by atoms with E-state index in [2.05, 4.69) is 0 Å². The molecule has 0 fully saturated rings. The molecule has 0 N–H and O–H groups in total. The van der Waals surface area contributed by atoms with Gasteiger partial charge in [-0.25, -0.2) is 4.39 Å². The van der Waals surface area contributed by atoms with Crippen LogP contribution in [0, 0.1) is 5.82 Å². The summed E-state index contributed by atoms with van der Waals surface area (Å²) in [6.07, 6.45) is 0. The molecule has 4 nitrogen and oxygen atoms in total. The smallest absolute Gasteiger partial charge is 0.232 e. The summed E-state index contributed by atoms with van der Waals surface area (Å²) in [6, 6.07) is 11.8. The van der Waals surface area contributed by atoms with Gasteiger partial charge in [0.1, 0.15) is 5.82 Å². The molecule has 0 bridgehead atoms. The first-order valence-corrected chi connectivity index (χ1v) is 8.11. The van der Waals surface area contributed by atoms with Crippen molar-refractivity contribution in [1.82, 2.24) is 4.90 Å². The van der Waals surface area contributed by atoms with Crippen LogP contribution in [0.2, 0.25) is 0 Å². The average Bonchev–Trinajstić information content (AvgIpc) is 3.01. The zero-order valence-electron chi connectivity index (χ0n) is 12.6. The van der Waals surface area contributed by atoms with Crippen LogP contribution in [-0.2, 0) is 11.3 Å². The standard InChI is InChI=1S/C17H16FNO3S/c1-19(9-12-2-7-15-16(8-12)22-11-21-15)17(20)10-23-14-5-3-13(18)4-6-14/h2-8H,9-11H2,1H3.